The number of hydrogen-bond donors (Lipinski definition) is 3. The summed E-state index contributed by atoms with van der Waals surface area (Å²) >= 11 is 2.74. The molecule has 0 bridgehead atoms. The fourth-order valence-corrected chi connectivity index (χ4v) is 5.92. The van der Waals surface area contributed by atoms with Crippen molar-refractivity contribution in [3.8, 4) is 5.75 Å². The first-order chi connectivity index (χ1) is 16.8. The Morgan fingerprint density at radius 1 is 1.00 bits per heavy atom. The molecule has 0 atom stereocenters. The summed E-state index contributed by atoms with van der Waals surface area (Å²) in [4.78, 5) is 29.0. The van der Waals surface area contributed by atoms with E-state index >= 15 is 0 Å². The second-order valence-electron chi connectivity index (χ2n) is 7.10. The van der Waals surface area contributed by atoms with Crippen molar-refractivity contribution in [3.05, 3.63) is 78.4 Å². The van der Waals surface area contributed by atoms with Gasteiger partial charge in [-0.2, -0.15) is 0 Å². The molecule has 0 radical (unpaired) electrons. The van der Waals surface area contributed by atoms with Crippen LogP contribution in [0, 0.1) is 0 Å². The van der Waals surface area contributed by atoms with Crippen molar-refractivity contribution in [2.45, 2.75) is 9.24 Å². The lowest BCUT2D eigenvalue weighted by Gasteiger charge is -2.11. The molecular weight excluding hydrogens is 508 g/mol. The Morgan fingerprint density at radius 2 is 1.77 bits per heavy atom. The molecule has 0 fully saturated rings. The van der Waals surface area contributed by atoms with Crippen molar-refractivity contribution in [1.29, 1.82) is 0 Å². The third-order valence-electron chi connectivity index (χ3n) is 4.67. The van der Waals surface area contributed by atoms with Gasteiger partial charge in [0.2, 0.25) is 5.91 Å². The molecular formula is C23H20N4O5S3. The van der Waals surface area contributed by atoms with Gasteiger partial charge in [0, 0.05) is 11.3 Å². The third kappa shape index (κ3) is 6.29. The normalized spacial score (nSPS) is 11.1. The molecule has 0 aliphatic heterocycles. The number of sulfonamides is 1. The van der Waals surface area contributed by atoms with Crippen LogP contribution >= 0.6 is 23.1 Å². The Morgan fingerprint density at radius 3 is 2.51 bits per heavy atom. The van der Waals surface area contributed by atoms with E-state index in [4.69, 9.17) is 4.74 Å². The van der Waals surface area contributed by atoms with E-state index in [0.717, 1.165) is 14.6 Å². The largest absolute Gasteiger partial charge is 0.497 e. The molecule has 12 heteroatoms. The van der Waals surface area contributed by atoms with E-state index < -0.39 is 21.8 Å². The van der Waals surface area contributed by atoms with Crippen molar-refractivity contribution in [1.82, 2.24) is 15.8 Å². The van der Waals surface area contributed by atoms with E-state index in [0.29, 0.717) is 11.4 Å². The molecule has 0 saturated carbocycles. The van der Waals surface area contributed by atoms with Gasteiger partial charge in [0.25, 0.3) is 15.9 Å². The highest BCUT2D eigenvalue weighted by Gasteiger charge is 2.17. The number of ether oxygens (including phenoxy) is 1. The monoisotopic (exact) mass is 528 g/mol. The van der Waals surface area contributed by atoms with Gasteiger partial charge in [-0.3, -0.25) is 25.2 Å². The van der Waals surface area contributed by atoms with Gasteiger partial charge >= 0.3 is 0 Å². The molecule has 0 spiro atoms. The SMILES string of the molecule is COc1ccc(NS(=O)(=O)c2cccc(C(=O)NNC(=O)CSc3nc4ccccc4s3)c2)cc1. The molecule has 3 aromatic carbocycles. The molecule has 180 valence electrons. The van der Waals surface area contributed by atoms with Gasteiger partial charge in [0.1, 0.15) is 5.75 Å². The van der Waals surface area contributed by atoms with Gasteiger partial charge in [-0.05, 0) is 54.6 Å². The number of nitrogens with zero attached hydrogens (tertiary/aromatic N) is 1. The zero-order valence-electron chi connectivity index (χ0n) is 18.3. The van der Waals surface area contributed by atoms with Crippen LogP contribution in [-0.4, -0.2) is 38.1 Å². The number of hydrazine groups is 1. The van der Waals surface area contributed by atoms with Gasteiger partial charge in [-0.15, -0.1) is 11.3 Å². The van der Waals surface area contributed by atoms with Crippen molar-refractivity contribution in [3.63, 3.8) is 0 Å². The summed E-state index contributed by atoms with van der Waals surface area (Å²) < 4.78 is 34.7. The summed E-state index contributed by atoms with van der Waals surface area (Å²) in [7, 11) is -2.42. The van der Waals surface area contributed by atoms with E-state index in [1.807, 2.05) is 24.3 Å². The first kappa shape index (κ1) is 24.5. The number of para-hydroxylation sites is 1. The van der Waals surface area contributed by atoms with E-state index in [2.05, 4.69) is 20.6 Å². The van der Waals surface area contributed by atoms with Crippen LogP contribution in [0.4, 0.5) is 5.69 Å². The highest BCUT2D eigenvalue weighted by molar-refractivity contribution is 8.01. The summed E-state index contributed by atoms with van der Waals surface area (Å²) in [6.45, 7) is 0. The Labute approximate surface area is 209 Å². The molecule has 3 N–H and O–H groups in total. The molecule has 4 aromatic rings. The Bertz CT molecular complexity index is 1440. The Kier molecular flexibility index (Phi) is 7.54. The first-order valence-corrected chi connectivity index (χ1v) is 13.5. The van der Waals surface area contributed by atoms with Gasteiger partial charge in [0.15, 0.2) is 4.34 Å². The second-order valence-corrected chi connectivity index (χ2v) is 11.0. The van der Waals surface area contributed by atoms with E-state index in [9.17, 15) is 18.0 Å². The number of anilines is 1. The molecule has 0 aliphatic rings. The van der Waals surface area contributed by atoms with Crippen LogP contribution in [0.3, 0.4) is 0 Å². The van der Waals surface area contributed by atoms with Crippen LogP contribution < -0.4 is 20.3 Å². The van der Waals surface area contributed by atoms with Crippen LogP contribution in [0.5, 0.6) is 5.75 Å². The Balaban J connectivity index is 1.33. The summed E-state index contributed by atoms with van der Waals surface area (Å²) in [6, 6.07) is 19.5. The number of amides is 2. The number of aromatic nitrogens is 1. The van der Waals surface area contributed by atoms with Crippen LogP contribution in [0.15, 0.2) is 82.0 Å². The average molecular weight is 529 g/mol. The fourth-order valence-electron chi connectivity index (χ4n) is 2.95. The maximum atomic E-state index is 12.7. The number of rotatable bonds is 8. The summed E-state index contributed by atoms with van der Waals surface area (Å²) in [5.74, 6) is -0.426. The van der Waals surface area contributed by atoms with E-state index in [1.54, 1.807) is 24.3 Å². The number of carbonyl (C=O) groups is 2. The van der Waals surface area contributed by atoms with Crippen LogP contribution in [0.2, 0.25) is 0 Å². The number of methoxy groups -OCH3 is 1. The molecule has 0 aliphatic carbocycles. The predicted octanol–water partition coefficient (Wildman–Crippen LogP) is 3.66. The molecule has 9 nitrogen and oxygen atoms in total. The Hall–Kier alpha value is -3.61. The molecule has 0 unspecified atom stereocenters. The minimum atomic E-state index is -3.94. The van der Waals surface area contributed by atoms with Crippen LogP contribution in [0.25, 0.3) is 10.2 Å². The van der Waals surface area contributed by atoms with Gasteiger partial charge in [0.05, 0.1) is 28.0 Å². The van der Waals surface area contributed by atoms with Gasteiger partial charge < -0.3 is 4.74 Å². The number of benzene rings is 3. The van der Waals surface area contributed by atoms with Crippen LogP contribution in [0.1, 0.15) is 10.4 Å². The highest BCUT2D eigenvalue weighted by Crippen LogP contribution is 2.29. The summed E-state index contributed by atoms with van der Waals surface area (Å²) in [6.07, 6.45) is 0. The quantitative estimate of drug-likeness (QED) is 0.235. The molecule has 2 amide bonds. The number of carbonyl (C=O) groups excluding carboxylic acids is 2. The summed E-state index contributed by atoms with van der Waals surface area (Å²) in [5, 5.41) is 0. The maximum Gasteiger partial charge on any atom is 0.269 e. The smallest absolute Gasteiger partial charge is 0.269 e. The third-order valence-corrected chi connectivity index (χ3v) is 8.22. The molecule has 35 heavy (non-hydrogen) atoms. The van der Waals surface area contributed by atoms with Gasteiger partial charge in [-0.1, -0.05) is 30.0 Å². The number of nitrogens with one attached hydrogen (secondary N) is 3. The lowest BCUT2D eigenvalue weighted by Crippen LogP contribution is -2.42. The van der Waals surface area contributed by atoms with Crippen molar-refractivity contribution in [2.75, 3.05) is 17.6 Å². The number of thiazole rings is 1. The molecule has 1 aromatic heterocycles. The molecule has 4 rings (SSSR count). The van der Waals surface area contributed by atoms with E-state index in [-0.39, 0.29) is 16.2 Å². The zero-order valence-corrected chi connectivity index (χ0v) is 20.8. The number of fused-ring (bicyclic) bond motifs is 1. The number of hydrogen-bond acceptors (Lipinski definition) is 8. The van der Waals surface area contributed by atoms with Crippen molar-refractivity contribution in [2.24, 2.45) is 0 Å². The second kappa shape index (κ2) is 10.8. The maximum absolute atomic E-state index is 12.7. The summed E-state index contributed by atoms with van der Waals surface area (Å²) in [5.41, 5.74) is 5.92. The fraction of sp³-hybridized carbons (Fsp3) is 0.0870. The minimum absolute atomic E-state index is 0.0559. The predicted molar refractivity (Wildman–Crippen MR) is 136 cm³/mol. The topological polar surface area (TPSA) is 126 Å². The average Bonchev–Trinajstić information content (AvgIpc) is 3.29. The lowest BCUT2D eigenvalue weighted by atomic mass is 10.2. The van der Waals surface area contributed by atoms with Crippen molar-refractivity contribution < 1.29 is 22.7 Å². The number of thioether (sulfide) groups is 1. The van der Waals surface area contributed by atoms with E-state index in [1.165, 1.54) is 54.5 Å². The standard InChI is InChI=1S/C23H20N4O5S3/c1-32-17-11-9-16(10-12-17)27-35(30,31)18-6-4-5-15(13-18)22(29)26-25-21(28)14-33-23-24-19-7-2-3-8-20(19)34-23/h2-13,27H,14H2,1H3,(H,25,28)(H,26,29). The zero-order chi connectivity index (χ0) is 24.8. The minimum Gasteiger partial charge on any atom is -0.497 e. The van der Waals surface area contributed by atoms with Gasteiger partial charge in [-0.25, -0.2) is 13.4 Å². The lowest BCUT2D eigenvalue weighted by molar-refractivity contribution is -0.119. The van der Waals surface area contributed by atoms with Crippen molar-refractivity contribution >= 4 is 60.8 Å². The molecule has 0 saturated heterocycles. The van der Waals surface area contributed by atoms with Crippen LogP contribution in [-0.2, 0) is 14.8 Å². The molecule has 1 heterocycles. The highest BCUT2D eigenvalue weighted by atomic mass is 32.2. The first-order valence-electron chi connectivity index (χ1n) is 10.2.